The van der Waals surface area contributed by atoms with E-state index < -0.39 is 0 Å². The van der Waals surface area contributed by atoms with E-state index in [4.69, 9.17) is 4.74 Å². The van der Waals surface area contributed by atoms with E-state index in [1.54, 1.807) is 0 Å². The van der Waals surface area contributed by atoms with Gasteiger partial charge in [0.1, 0.15) is 0 Å². The lowest BCUT2D eigenvalue weighted by Crippen LogP contribution is -2.08. The van der Waals surface area contributed by atoms with Crippen LogP contribution >= 0.6 is 0 Å². The van der Waals surface area contributed by atoms with Crippen molar-refractivity contribution in [2.24, 2.45) is 0 Å². The number of esters is 1. The summed E-state index contributed by atoms with van der Waals surface area (Å²) in [7, 11) is 0. The fraction of sp³-hybridized carbons (Fsp3) is 0.444. The van der Waals surface area contributed by atoms with E-state index in [-0.39, 0.29) is 11.8 Å². The smallest absolute Gasteiger partial charge is 0.312 e. The fourth-order valence-electron chi connectivity index (χ4n) is 0.827. The minimum atomic E-state index is -0.248. The van der Waals surface area contributed by atoms with Crippen LogP contribution in [0.5, 0.6) is 5.88 Å². The van der Waals surface area contributed by atoms with Crippen molar-refractivity contribution in [2.45, 2.75) is 26.2 Å². The van der Waals surface area contributed by atoms with Gasteiger partial charge in [-0.25, -0.2) is 4.98 Å². The average molecular weight is 180 g/mol. The van der Waals surface area contributed by atoms with Crippen LogP contribution in [0.25, 0.3) is 0 Å². The number of aromatic nitrogens is 2. The highest BCUT2D eigenvalue weighted by molar-refractivity contribution is 5.71. The molecule has 0 aliphatic rings. The highest BCUT2D eigenvalue weighted by Gasteiger charge is 2.03. The summed E-state index contributed by atoms with van der Waals surface area (Å²) < 4.78 is 4.90. The van der Waals surface area contributed by atoms with Crippen LogP contribution in [0, 0.1) is 0 Å². The van der Waals surface area contributed by atoms with Crippen molar-refractivity contribution in [3.8, 4) is 5.88 Å². The van der Waals surface area contributed by atoms with Crippen molar-refractivity contribution in [3.05, 3.63) is 18.6 Å². The Morgan fingerprint density at radius 3 is 3.00 bits per heavy atom. The summed E-state index contributed by atoms with van der Waals surface area (Å²) in [5.74, 6) is 0.0194. The number of rotatable bonds is 4. The summed E-state index contributed by atoms with van der Waals surface area (Å²) in [4.78, 5) is 18.7. The quantitative estimate of drug-likeness (QED) is 0.660. The van der Waals surface area contributed by atoms with Crippen LogP contribution in [0.2, 0.25) is 0 Å². The van der Waals surface area contributed by atoms with E-state index in [1.807, 2.05) is 6.92 Å². The normalized spacial score (nSPS) is 9.62. The molecule has 1 aromatic rings. The molecule has 0 amide bonds. The molecule has 0 atom stereocenters. The van der Waals surface area contributed by atoms with Crippen molar-refractivity contribution in [2.75, 3.05) is 0 Å². The van der Waals surface area contributed by atoms with Gasteiger partial charge in [-0.15, -0.1) is 0 Å². The molecule has 0 bridgehead atoms. The Morgan fingerprint density at radius 1 is 1.54 bits per heavy atom. The molecule has 0 fully saturated rings. The number of nitrogens with zero attached hydrogens (tertiary/aromatic N) is 2. The first-order valence-corrected chi connectivity index (χ1v) is 4.29. The molecule has 0 aromatic carbocycles. The number of ether oxygens (including phenoxy) is 1. The first-order valence-electron chi connectivity index (χ1n) is 4.29. The maximum absolute atomic E-state index is 11.1. The van der Waals surface area contributed by atoms with E-state index in [2.05, 4.69) is 9.97 Å². The molecule has 0 N–H and O–H groups in total. The molecule has 0 aliphatic heterocycles. The standard InChI is InChI=1S/C9H12N2O2/c1-2-3-4-9(12)13-8-7-10-5-6-11-8/h5-7H,2-4H2,1H3. The molecule has 0 radical (unpaired) electrons. The van der Waals surface area contributed by atoms with Crippen LogP contribution in [0.4, 0.5) is 0 Å². The van der Waals surface area contributed by atoms with Gasteiger partial charge >= 0.3 is 5.97 Å². The second-order valence-corrected chi connectivity index (χ2v) is 2.62. The first kappa shape index (κ1) is 9.64. The number of unbranched alkanes of at least 4 members (excludes halogenated alkanes) is 1. The van der Waals surface area contributed by atoms with Crippen molar-refractivity contribution < 1.29 is 9.53 Å². The molecule has 4 heteroatoms. The summed E-state index contributed by atoms with van der Waals surface area (Å²) in [5, 5.41) is 0. The third kappa shape index (κ3) is 3.64. The van der Waals surface area contributed by atoms with Crippen LogP contribution in [-0.4, -0.2) is 15.9 Å². The SMILES string of the molecule is CCCCC(=O)Oc1cnccn1. The first-order chi connectivity index (χ1) is 6.33. The van der Waals surface area contributed by atoms with E-state index in [1.165, 1.54) is 18.6 Å². The molecule has 0 saturated heterocycles. The molecule has 0 spiro atoms. The third-order valence-corrected chi connectivity index (χ3v) is 1.49. The number of carbonyl (C=O) groups excluding carboxylic acids is 1. The maximum atomic E-state index is 11.1. The van der Waals surface area contributed by atoms with Crippen LogP contribution in [-0.2, 0) is 4.79 Å². The molecule has 4 nitrogen and oxygen atoms in total. The Balaban J connectivity index is 2.37. The highest BCUT2D eigenvalue weighted by atomic mass is 16.5. The van der Waals surface area contributed by atoms with Crippen LogP contribution in [0.1, 0.15) is 26.2 Å². The zero-order valence-corrected chi connectivity index (χ0v) is 7.56. The van der Waals surface area contributed by atoms with E-state index in [0.29, 0.717) is 6.42 Å². The molecule has 0 unspecified atom stereocenters. The molecule has 1 rings (SSSR count). The summed E-state index contributed by atoms with van der Waals surface area (Å²) in [6.07, 6.45) is 6.71. The van der Waals surface area contributed by atoms with Gasteiger partial charge in [0.05, 0.1) is 6.20 Å². The van der Waals surface area contributed by atoms with Crippen LogP contribution < -0.4 is 4.74 Å². The summed E-state index contributed by atoms with van der Waals surface area (Å²) in [6.45, 7) is 2.02. The van der Waals surface area contributed by atoms with E-state index >= 15 is 0 Å². The summed E-state index contributed by atoms with van der Waals surface area (Å²) in [6, 6.07) is 0. The van der Waals surface area contributed by atoms with Gasteiger partial charge in [-0.2, -0.15) is 0 Å². The topological polar surface area (TPSA) is 52.1 Å². The van der Waals surface area contributed by atoms with Crippen molar-refractivity contribution in [1.29, 1.82) is 0 Å². The minimum absolute atomic E-state index is 0.248. The van der Waals surface area contributed by atoms with Crippen LogP contribution in [0.3, 0.4) is 0 Å². The van der Waals surface area contributed by atoms with Gasteiger partial charge in [0, 0.05) is 18.8 Å². The lowest BCUT2D eigenvalue weighted by atomic mass is 10.2. The largest absolute Gasteiger partial charge is 0.406 e. The second-order valence-electron chi connectivity index (χ2n) is 2.62. The zero-order chi connectivity index (χ0) is 9.52. The summed E-state index contributed by atoms with van der Waals surface area (Å²) in [5.41, 5.74) is 0. The Morgan fingerprint density at radius 2 is 2.38 bits per heavy atom. The second kappa shape index (κ2) is 5.24. The molecule has 1 aromatic heterocycles. The maximum Gasteiger partial charge on any atom is 0.312 e. The van der Waals surface area contributed by atoms with Gasteiger partial charge in [0.15, 0.2) is 0 Å². The lowest BCUT2D eigenvalue weighted by molar-refractivity contribution is -0.134. The predicted octanol–water partition coefficient (Wildman–Crippen LogP) is 1.57. The Hall–Kier alpha value is -1.45. The number of hydrogen-bond donors (Lipinski definition) is 0. The molecule has 70 valence electrons. The van der Waals surface area contributed by atoms with Gasteiger partial charge < -0.3 is 4.74 Å². The number of carbonyl (C=O) groups is 1. The minimum Gasteiger partial charge on any atom is -0.406 e. The predicted molar refractivity (Wildman–Crippen MR) is 47.2 cm³/mol. The van der Waals surface area contributed by atoms with Gasteiger partial charge in [0.25, 0.3) is 0 Å². The Labute approximate surface area is 77.0 Å². The van der Waals surface area contributed by atoms with Gasteiger partial charge in [-0.1, -0.05) is 13.3 Å². The Kier molecular flexibility index (Phi) is 3.88. The fourth-order valence-corrected chi connectivity index (χ4v) is 0.827. The highest BCUT2D eigenvalue weighted by Crippen LogP contribution is 2.04. The third-order valence-electron chi connectivity index (χ3n) is 1.49. The molecular formula is C9H12N2O2. The van der Waals surface area contributed by atoms with Gasteiger partial charge in [-0.05, 0) is 6.42 Å². The lowest BCUT2D eigenvalue weighted by Gasteiger charge is -2.00. The zero-order valence-electron chi connectivity index (χ0n) is 7.56. The molecule has 1 heterocycles. The molecular weight excluding hydrogens is 168 g/mol. The van der Waals surface area contributed by atoms with Crippen LogP contribution in [0.15, 0.2) is 18.6 Å². The monoisotopic (exact) mass is 180 g/mol. The molecule has 0 saturated carbocycles. The van der Waals surface area contributed by atoms with Crippen molar-refractivity contribution in [1.82, 2.24) is 9.97 Å². The van der Waals surface area contributed by atoms with E-state index in [0.717, 1.165) is 12.8 Å². The summed E-state index contributed by atoms with van der Waals surface area (Å²) >= 11 is 0. The average Bonchev–Trinajstić information content (AvgIpc) is 2.16. The van der Waals surface area contributed by atoms with Crippen molar-refractivity contribution in [3.63, 3.8) is 0 Å². The van der Waals surface area contributed by atoms with Gasteiger partial charge in [0.2, 0.25) is 5.88 Å². The van der Waals surface area contributed by atoms with Crippen molar-refractivity contribution >= 4 is 5.97 Å². The Bertz CT molecular complexity index is 262. The van der Waals surface area contributed by atoms with E-state index in [9.17, 15) is 4.79 Å². The van der Waals surface area contributed by atoms with Gasteiger partial charge in [-0.3, -0.25) is 9.78 Å². The number of hydrogen-bond acceptors (Lipinski definition) is 4. The molecule has 0 aliphatic carbocycles. The molecule has 13 heavy (non-hydrogen) atoms.